The summed E-state index contributed by atoms with van der Waals surface area (Å²) in [7, 11) is 0. The van der Waals surface area contributed by atoms with Crippen LogP contribution in [-0.4, -0.2) is 36.1 Å². The monoisotopic (exact) mass is 303 g/mol. The average Bonchev–Trinajstić information content (AvgIpc) is 2.95. The second-order valence-electron chi connectivity index (χ2n) is 6.19. The van der Waals surface area contributed by atoms with Gasteiger partial charge in [0.1, 0.15) is 0 Å². The summed E-state index contributed by atoms with van der Waals surface area (Å²) in [6.45, 7) is 5.94. The van der Waals surface area contributed by atoms with E-state index in [2.05, 4.69) is 39.5 Å². The first-order valence-corrected chi connectivity index (χ1v) is 7.66. The summed E-state index contributed by atoms with van der Waals surface area (Å²) in [6.07, 6.45) is 3.24. The number of halogens is 1. The van der Waals surface area contributed by atoms with Crippen molar-refractivity contribution in [3.05, 3.63) is 42.1 Å². The Balaban J connectivity index is 0.00000132. The lowest BCUT2D eigenvalue weighted by atomic mass is 9.88. The summed E-state index contributed by atoms with van der Waals surface area (Å²) in [6, 6.07) is 10.7. The van der Waals surface area contributed by atoms with Crippen LogP contribution in [0.3, 0.4) is 0 Å². The second kappa shape index (κ2) is 6.30. The molecule has 2 unspecified atom stereocenters. The third-order valence-electron chi connectivity index (χ3n) is 4.90. The molecular weight excluding hydrogens is 282 g/mol. The van der Waals surface area contributed by atoms with Crippen molar-refractivity contribution in [2.24, 2.45) is 11.8 Å². The minimum atomic E-state index is 0. The Kier molecular flexibility index (Phi) is 4.43. The number of nitrogens with one attached hydrogen (secondary N) is 1. The zero-order valence-electron chi connectivity index (χ0n) is 12.2. The van der Waals surface area contributed by atoms with Crippen molar-refractivity contribution in [2.75, 3.05) is 26.2 Å². The van der Waals surface area contributed by atoms with Crippen LogP contribution in [0.1, 0.15) is 12.0 Å². The first-order valence-electron chi connectivity index (χ1n) is 7.66. The molecule has 4 rings (SSSR count). The van der Waals surface area contributed by atoms with Crippen LogP contribution in [0.2, 0.25) is 0 Å². The van der Waals surface area contributed by atoms with E-state index in [9.17, 15) is 0 Å². The number of pyridine rings is 1. The highest BCUT2D eigenvalue weighted by Gasteiger charge is 2.32. The van der Waals surface area contributed by atoms with Gasteiger partial charge in [-0.05, 0) is 49.5 Å². The largest absolute Gasteiger partial charge is 0.316 e. The molecule has 1 aromatic heterocycles. The van der Waals surface area contributed by atoms with E-state index < -0.39 is 0 Å². The van der Waals surface area contributed by atoms with Gasteiger partial charge in [-0.2, -0.15) is 0 Å². The second-order valence-corrected chi connectivity index (χ2v) is 6.19. The van der Waals surface area contributed by atoms with Gasteiger partial charge in [-0.25, -0.2) is 0 Å². The predicted molar refractivity (Wildman–Crippen MR) is 88.7 cm³/mol. The predicted octanol–water partition coefficient (Wildman–Crippen LogP) is 2.70. The van der Waals surface area contributed by atoms with E-state index in [1.54, 1.807) is 0 Å². The normalized spacial score (nSPS) is 25.5. The Morgan fingerprint density at radius 2 is 2.00 bits per heavy atom. The Bertz CT molecular complexity index is 611. The minimum absolute atomic E-state index is 0. The Morgan fingerprint density at radius 1 is 1.14 bits per heavy atom. The van der Waals surface area contributed by atoms with Crippen molar-refractivity contribution in [2.45, 2.75) is 13.0 Å². The zero-order valence-corrected chi connectivity index (χ0v) is 13.0. The van der Waals surface area contributed by atoms with Gasteiger partial charge in [0, 0.05) is 24.7 Å². The Morgan fingerprint density at radius 3 is 2.95 bits per heavy atom. The molecule has 2 aliphatic heterocycles. The summed E-state index contributed by atoms with van der Waals surface area (Å²) in [4.78, 5) is 7.18. The van der Waals surface area contributed by atoms with E-state index in [1.807, 2.05) is 12.3 Å². The molecule has 3 heterocycles. The number of aromatic nitrogens is 1. The van der Waals surface area contributed by atoms with Gasteiger partial charge in [-0.15, -0.1) is 12.4 Å². The number of rotatable bonds is 2. The number of para-hydroxylation sites is 1. The molecule has 2 aliphatic rings. The topological polar surface area (TPSA) is 28.2 Å². The summed E-state index contributed by atoms with van der Waals surface area (Å²) in [5.74, 6) is 1.77. The fourth-order valence-corrected chi connectivity index (χ4v) is 3.79. The van der Waals surface area contributed by atoms with Crippen molar-refractivity contribution < 1.29 is 0 Å². The van der Waals surface area contributed by atoms with Gasteiger partial charge >= 0.3 is 0 Å². The Hall–Kier alpha value is -1.16. The smallest absolute Gasteiger partial charge is 0.0746 e. The molecule has 0 radical (unpaired) electrons. The van der Waals surface area contributed by atoms with Gasteiger partial charge in [0.15, 0.2) is 0 Å². The lowest BCUT2D eigenvalue weighted by Crippen LogP contribution is -2.39. The molecule has 0 saturated carbocycles. The lowest BCUT2D eigenvalue weighted by Gasteiger charge is -2.34. The first kappa shape index (κ1) is 14.8. The molecule has 0 bridgehead atoms. The van der Waals surface area contributed by atoms with Gasteiger partial charge in [-0.3, -0.25) is 9.88 Å². The highest BCUT2D eigenvalue weighted by molar-refractivity contribution is 5.85. The van der Waals surface area contributed by atoms with Crippen LogP contribution < -0.4 is 5.32 Å². The van der Waals surface area contributed by atoms with E-state index in [0.29, 0.717) is 0 Å². The number of piperidine rings is 1. The van der Waals surface area contributed by atoms with Crippen molar-refractivity contribution in [3.8, 4) is 0 Å². The fourth-order valence-electron chi connectivity index (χ4n) is 3.79. The molecule has 0 amide bonds. The third-order valence-corrected chi connectivity index (χ3v) is 4.90. The van der Waals surface area contributed by atoms with Crippen molar-refractivity contribution in [1.29, 1.82) is 0 Å². The average molecular weight is 304 g/mol. The van der Waals surface area contributed by atoms with Gasteiger partial charge in [0.05, 0.1) is 5.52 Å². The van der Waals surface area contributed by atoms with Crippen molar-refractivity contribution in [1.82, 2.24) is 15.2 Å². The highest BCUT2D eigenvalue weighted by atomic mass is 35.5. The van der Waals surface area contributed by atoms with Gasteiger partial charge in [-0.1, -0.05) is 24.3 Å². The maximum absolute atomic E-state index is 4.57. The fraction of sp³-hybridized carbons (Fsp3) is 0.471. The molecule has 4 heteroatoms. The van der Waals surface area contributed by atoms with Crippen LogP contribution in [0.4, 0.5) is 0 Å². The molecule has 2 fully saturated rings. The van der Waals surface area contributed by atoms with E-state index >= 15 is 0 Å². The molecule has 112 valence electrons. The van der Waals surface area contributed by atoms with Crippen molar-refractivity contribution >= 4 is 23.3 Å². The van der Waals surface area contributed by atoms with Gasteiger partial charge in [0.25, 0.3) is 0 Å². The van der Waals surface area contributed by atoms with E-state index in [-0.39, 0.29) is 12.4 Å². The lowest BCUT2D eigenvalue weighted by molar-refractivity contribution is 0.142. The van der Waals surface area contributed by atoms with E-state index in [0.717, 1.165) is 18.4 Å². The van der Waals surface area contributed by atoms with Gasteiger partial charge in [0.2, 0.25) is 0 Å². The number of hydrogen-bond acceptors (Lipinski definition) is 3. The highest BCUT2D eigenvalue weighted by Crippen LogP contribution is 2.28. The molecule has 3 nitrogen and oxygen atoms in total. The third kappa shape index (κ3) is 2.91. The van der Waals surface area contributed by atoms with Crippen LogP contribution in [0.15, 0.2) is 36.5 Å². The first-order chi connectivity index (χ1) is 9.90. The van der Waals surface area contributed by atoms with E-state index in [4.69, 9.17) is 0 Å². The summed E-state index contributed by atoms with van der Waals surface area (Å²) in [5.41, 5.74) is 2.54. The zero-order chi connectivity index (χ0) is 13.4. The molecule has 21 heavy (non-hydrogen) atoms. The van der Waals surface area contributed by atoms with Gasteiger partial charge < -0.3 is 5.32 Å². The molecule has 2 saturated heterocycles. The van der Waals surface area contributed by atoms with Crippen LogP contribution in [0, 0.1) is 11.8 Å². The van der Waals surface area contributed by atoms with E-state index in [1.165, 1.54) is 49.1 Å². The number of benzene rings is 1. The summed E-state index contributed by atoms with van der Waals surface area (Å²) >= 11 is 0. The number of likely N-dealkylation sites (tertiary alicyclic amines) is 1. The number of hydrogen-bond donors (Lipinski definition) is 1. The quantitative estimate of drug-likeness (QED) is 0.924. The maximum Gasteiger partial charge on any atom is 0.0746 e. The van der Waals surface area contributed by atoms with Crippen LogP contribution in [-0.2, 0) is 6.54 Å². The van der Waals surface area contributed by atoms with Crippen molar-refractivity contribution in [3.63, 3.8) is 0 Å². The maximum atomic E-state index is 4.57. The molecule has 2 aromatic rings. The molecule has 2 atom stereocenters. The molecular formula is C17H22ClN3. The standard InChI is InChI=1S/C17H21N3.ClH/c1-3-13-5-2-7-19-17(13)15(4-1)11-20-8-6-14-9-18-10-16(14)12-20;/h1-5,7,14,16,18H,6,8-12H2;1H. The molecule has 0 aliphatic carbocycles. The molecule has 0 spiro atoms. The van der Waals surface area contributed by atoms with Crippen LogP contribution >= 0.6 is 12.4 Å². The molecule has 1 N–H and O–H groups in total. The minimum Gasteiger partial charge on any atom is -0.316 e. The Labute approximate surface area is 132 Å². The number of nitrogens with zero attached hydrogens (tertiary/aromatic N) is 2. The van der Waals surface area contributed by atoms with Crippen LogP contribution in [0.5, 0.6) is 0 Å². The van der Waals surface area contributed by atoms with Crippen LogP contribution in [0.25, 0.3) is 10.9 Å². The number of fused-ring (bicyclic) bond motifs is 2. The summed E-state index contributed by atoms with van der Waals surface area (Å²) < 4.78 is 0. The SMILES string of the molecule is Cl.c1cnc2c(CN3CCC4CNCC4C3)cccc2c1. The molecule has 1 aromatic carbocycles. The summed E-state index contributed by atoms with van der Waals surface area (Å²) in [5, 5.41) is 4.79.